The Labute approximate surface area is 140 Å². The molecule has 24 heavy (non-hydrogen) atoms. The first-order valence-corrected chi connectivity index (χ1v) is 9.04. The molecule has 2 aromatic rings. The molecule has 7 heteroatoms. The Hall–Kier alpha value is -1.83. The average Bonchev–Trinajstić information content (AvgIpc) is 2.58. The Balaban J connectivity index is 1.89. The quantitative estimate of drug-likeness (QED) is 0.853. The highest BCUT2D eigenvalue weighted by molar-refractivity contribution is 7.89. The van der Waals surface area contributed by atoms with Crippen molar-refractivity contribution >= 4 is 10.0 Å². The zero-order valence-corrected chi connectivity index (χ0v) is 14.0. The van der Waals surface area contributed by atoms with E-state index in [0.29, 0.717) is 13.1 Å². The van der Waals surface area contributed by atoms with Crippen molar-refractivity contribution in [2.45, 2.75) is 10.9 Å². The van der Waals surface area contributed by atoms with E-state index in [0.717, 1.165) is 23.8 Å². The van der Waals surface area contributed by atoms with Gasteiger partial charge in [0.05, 0.1) is 4.90 Å². The third-order valence-electron chi connectivity index (χ3n) is 4.32. The molecule has 1 aliphatic rings. The second-order valence-electron chi connectivity index (χ2n) is 5.85. The van der Waals surface area contributed by atoms with Crippen molar-refractivity contribution in [1.29, 1.82) is 0 Å². The monoisotopic (exact) mass is 352 g/mol. The summed E-state index contributed by atoms with van der Waals surface area (Å²) >= 11 is 0. The van der Waals surface area contributed by atoms with Gasteiger partial charge in [0.2, 0.25) is 10.0 Å². The molecule has 128 valence electrons. The van der Waals surface area contributed by atoms with Gasteiger partial charge in [-0.3, -0.25) is 4.90 Å². The smallest absolute Gasteiger partial charge is 0.243 e. The van der Waals surface area contributed by atoms with Crippen molar-refractivity contribution in [3.05, 3.63) is 65.7 Å². The molecule has 0 radical (unpaired) electrons. The molecular weight excluding hydrogens is 334 g/mol. The van der Waals surface area contributed by atoms with Crippen LogP contribution in [0.5, 0.6) is 0 Å². The number of halogens is 2. The summed E-state index contributed by atoms with van der Waals surface area (Å²) in [6, 6.07) is 12.2. The van der Waals surface area contributed by atoms with Crippen LogP contribution in [0.2, 0.25) is 0 Å². The van der Waals surface area contributed by atoms with Gasteiger partial charge in [0.15, 0.2) is 11.6 Å². The standard InChI is InChI=1S/C17H18F2N2O2S/c1-20-9-10-21(12-17(20)13-5-3-2-4-6-13)24(22,23)14-7-8-15(18)16(19)11-14/h2-8,11,17H,9-10,12H2,1H3/t17-/m0/s1. The molecule has 3 rings (SSSR count). The molecule has 0 aliphatic carbocycles. The van der Waals surface area contributed by atoms with Crippen molar-refractivity contribution in [1.82, 2.24) is 9.21 Å². The third-order valence-corrected chi connectivity index (χ3v) is 6.19. The molecule has 0 unspecified atom stereocenters. The first kappa shape index (κ1) is 17.0. The Bertz CT molecular complexity index is 828. The molecule has 1 atom stereocenters. The lowest BCUT2D eigenvalue weighted by atomic mass is 10.0. The molecule has 0 spiro atoms. The Kier molecular flexibility index (Phi) is 4.67. The Morgan fingerprint density at radius 2 is 1.71 bits per heavy atom. The number of sulfonamides is 1. The van der Waals surface area contributed by atoms with Crippen LogP contribution in [0.3, 0.4) is 0 Å². The lowest BCUT2D eigenvalue weighted by Crippen LogP contribution is -2.48. The average molecular weight is 352 g/mol. The van der Waals surface area contributed by atoms with Gasteiger partial charge in [-0.05, 0) is 30.8 Å². The maximum absolute atomic E-state index is 13.4. The maximum Gasteiger partial charge on any atom is 0.243 e. The summed E-state index contributed by atoms with van der Waals surface area (Å²) in [5.74, 6) is -2.22. The van der Waals surface area contributed by atoms with Crippen LogP contribution in [0, 0.1) is 11.6 Å². The fourth-order valence-corrected chi connectivity index (χ4v) is 4.34. The van der Waals surface area contributed by atoms with Gasteiger partial charge in [-0.2, -0.15) is 4.31 Å². The van der Waals surface area contributed by atoms with Crippen LogP contribution in [-0.4, -0.2) is 44.3 Å². The Morgan fingerprint density at radius 3 is 2.38 bits per heavy atom. The minimum absolute atomic E-state index is 0.0833. The van der Waals surface area contributed by atoms with E-state index in [1.54, 1.807) is 0 Å². The number of hydrogen-bond acceptors (Lipinski definition) is 3. The first-order valence-electron chi connectivity index (χ1n) is 7.60. The van der Waals surface area contributed by atoms with Gasteiger partial charge >= 0.3 is 0 Å². The fraction of sp³-hybridized carbons (Fsp3) is 0.294. The van der Waals surface area contributed by atoms with E-state index >= 15 is 0 Å². The number of likely N-dealkylation sites (N-methyl/N-ethyl adjacent to an activating group) is 1. The molecular formula is C17H18F2N2O2S. The summed E-state index contributed by atoms with van der Waals surface area (Å²) in [6.07, 6.45) is 0. The molecule has 0 amide bonds. The lowest BCUT2D eigenvalue weighted by molar-refractivity contribution is 0.148. The highest BCUT2D eigenvalue weighted by Gasteiger charge is 2.33. The van der Waals surface area contributed by atoms with Crippen molar-refractivity contribution in [2.75, 3.05) is 26.7 Å². The molecule has 2 aromatic carbocycles. The van der Waals surface area contributed by atoms with Crippen LogP contribution in [0.25, 0.3) is 0 Å². The van der Waals surface area contributed by atoms with Crippen molar-refractivity contribution in [3.63, 3.8) is 0 Å². The molecule has 1 aliphatic heterocycles. The van der Waals surface area contributed by atoms with Crippen LogP contribution in [0.4, 0.5) is 8.78 Å². The minimum atomic E-state index is -3.87. The first-order chi connectivity index (χ1) is 11.4. The fourth-order valence-electron chi connectivity index (χ4n) is 2.89. The molecule has 0 saturated carbocycles. The highest BCUT2D eigenvalue weighted by Crippen LogP contribution is 2.28. The van der Waals surface area contributed by atoms with Gasteiger partial charge in [-0.25, -0.2) is 17.2 Å². The summed E-state index contributed by atoms with van der Waals surface area (Å²) in [5, 5.41) is 0. The molecule has 0 bridgehead atoms. The summed E-state index contributed by atoms with van der Waals surface area (Å²) in [4.78, 5) is 1.87. The number of piperazine rings is 1. The van der Waals surface area contributed by atoms with E-state index in [1.165, 1.54) is 4.31 Å². The molecule has 4 nitrogen and oxygen atoms in total. The van der Waals surface area contributed by atoms with Gasteiger partial charge in [0.25, 0.3) is 0 Å². The molecule has 1 heterocycles. The zero-order chi connectivity index (χ0) is 17.3. The summed E-state index contributed by atoms with van der Waals surface area (Å²) in [6.45, 7) is 1.13. The summed E-state index contributed by atoms with van der Waals surface area (Å²) < 4.78 is 53.3. The normalized spacial score (nSPS) is 20.2. The second-order valence-corrected chi connectivity index (χ2v) is 7.78. The van der Waals surface area contributed by atoms with Crippen LogP contribution >= 0.6 is 0 Å². The second kappa shape index (κ2) is 6.58. The minimum Gasteiger partial charge on any atom is -0.297 e. The summed E-state index contributed by atoms with van der Waals surface area (Å²) in [5.41, 5.74) is 1.02. The number of nitrogens with zero attached hydrogens (tertiary/aromatic N) is 2. The predicted octanol–water partition coefficient (Wildman–Crippen LogP) is 2.64. The van der Waals surface area contributed by atoms with Crippen LogP contribution in [0.1, 0.15) is 11.6 Å². The van der Waals surface area contributed by atoms with Crippen molar-refractivity contribution in [3.8, 4) is 0 Å². The molecule has 1 fully saturated rings. The predicted molar refractivity (Wildman–Crippen MR) is 86.9 cm³/mol. The largest absolute Gasteiger partial charge is 0.297 e. The van der Waals surface area contributed by atoms with Crippen molar-refractivity contribution < 1.29 is 17.2 Å². The maximum atomic E-state index is 13.4. The SMILES string of the molecule is CN1CCN(S(=O)(=O)c2ccc(F)c(F)c2)C[C@H]1c1ccccc1. The topological polar surface area (TPSA) is 40.6 Å². The van der Waals surface area contributed by atoms with Gasteiger partial charge in [-0.1, -0.05) is 30.3 Å². The molecule has 1 saturated heterocycles. The van der Waals surface area contributed by atoms with E-state index in [4.69, 9.17) is 0 Å². The molecule has 0 N–H and O–H groups in total. The van der Waals surface area contributed by atoms with E-state index in [2.05, 4.69) is 4.90 Å². The number of rotatable bonds is 3. The van der Waals surface area contributed by atoms with Crippen LogP contribution < -0.4 is 0 Å². The van der Waals surface area contributed by atoms with Gasteiger partial charge in [0.1, 0.15) is 0 Å². The van der Waals surface area contributed by atoms with Crippen LogP contribution in [0.15, 0.2) is 53.4 Å². The van der Waals surface area contributed by atoms with E-state index in [9.17, 15) is 17.2 Å². The van der Waals surface area contributed by atoms with E-state index in [1.807, 2.05) is 37.4 Å². The van der Waals surface area contributed by atoms with Crippen LogP contribution in [-0.2, 0) is 10.0 Å². The number of hydrogen-bond donors (Lipinski definition) is 0. The third kappa shape index (κ3) is 3.19. The zero-order valence-electron chi connectivity index (χ0n) is 13.2. The molecule has 0 aromatic heterocycles. The van der Waals surface area contributed by atoms with Crippen molar-refractivity contribution in [2.24, 2.45) is 0 Å². The van der Waals surface area contributed by atoms with Gasteiger partial charge in [0, 0.05) is 25.7 Å². The van der Waals surface area contributed by atoms with E-state index < -0.39 is 21.7 Å². The van der Waals surface area contributed by atoms with Gasteiger partial charge in [-0.15, -0.1) is 0 Å². The lowest BCUT2D eigenvalue weighted by Gasteiger charge is -2.39. The van der Waals surface area contributed by atoms with E-state index in [-0.39, 0.29) is 17.5 Å². The number of benzene rings is 2. The Morgan fingerprint density at radius 1 is 1.00 bits per heavy atom. The summed E-state index contributed by atoms with van der Waals surface area (Å²) in [7, 11) is -1.92. The van der Waals surface area contributed by atoms with Gasteiger partial charge < -0.3 is 0 Å². The highest BCUT2D eigenvalue weighted by atomic mass is 32.2.